The van der Waals surface area contributed by atoms with Gasteiger partial charge in [0.25, 0.3) is 0 Å². The van der Waals surface area contributed by atoms with E-state index in [0.717, 1.165) is 16.7 Å². The summed E-state index contributed by atoms with van der Waals surface area (Å²) in [6.45, 7) is 1.83. The van der Waals surface area contributed by atoms with Gasteiger partial charge in [-0.25, -0.2) is 4.39 Å². The van der Waals surface area contributed by atoms with Crippen molar-refractivity contribution < 1.29 is 4.39 Å². The topological polar surface area (TPSA) is 0 Å². The van der Waals surface area contributed by atoms with Crippen molar-refractivity contribution in [2.45, 2.75) is 6.92 Å². The number of hydrogen-bond acceptors (Lipinski definition) is 0. The fourth-order valence-electron chi connectivity index (χ4n) is 1.66. The van der Waals surface area contributed by atoms with Crippen LogP contribution in [0.1, 0.15) is 5.56 Å². The summed E-state index contributed by atoms with van der Waals surface area (Å²) in [5.74, 6) is -0.266. The van der Waals surface area contributed by atoms with E-state index in [4.69, 9.17) is 34.8 Å². The molecule has 0 saturated carbocycles. The van der Waals surface area contributed by atoms with Crippen LogP contribution in [0.4, 0.5) is 4.39 Å². The number of aryl methyl sites for hydroxylation is 1. The summed E-state index contributed by atoms with van der Waals surface area (Å²) >= 11 is 17.8. The molecule has 0 N–H and O–H groups in total. The summed E-state index contributed by atoms with van der Waals surface area (Å²) in [6, 6.07) is 8.00. The minimum atomic E-state index is -0.266. The normalized spacial score (nSPS) is 10.6. The fourth-order valence-corrected chi connectivity index (χ4v) is 2.26. The van der Waals surface area contributed by atoms with Crippen LogP contribution in [0.5, 0.6) is 0 Å². The first-order chi connectivity index (χ1) is 7.99. The lowest BCUT2D eigenvalue weighted by molar-refractivity contribution is 0.627. The van der Waals surface area contributed by atoms with Crippen LogP contribution >= 0.6 is 34.8 Å². The molecule has 0 aliphatic heterocycles. The van der Waals surface area contributed by atoms with Crippen molar-refractivity contribution in [3.8, 4) is 11.1 Å². The lowest BCUT2D eigenvalue weighted by Gasteiger charge is -2.08. The first-order valence-electron chi connectivity index (χ1n) is 4.90. The Morgan fingerprint density at radius 3 is 2.06 bits per heavy atom. The molecule has 0 saturated heterocycles. The molecule has 17 heavy (non-hydrogen) atoms. The Morgan fingerprint density at radius 1 is 0.941 bits per heavy atom. The molecule has 0 amide bonds. The Bertz CT molecular complexity index is 556. The number of rotatable bonds is 1. The Labute approximate surface area is 114 Å². The van der Waals surface area contributed by atoms with Crippen molar-refractivity contribution >= 4 is 34.8 Å². The third-order valence-electron chi connectivity index (χ3n) is 2.48. The molecule has 0 unspecified atom stereocenters. The summed E-state index contributed by atoms with van der Waals surface area (Å²) in [4.78, 5) is 0. The summed E-state index contributed by atoms with van der Waals surface area (Å²) in [5, 5.41) is 1.10. The van der Waals surface area contributed by atoms with Gasteiger partial charge in [-0.15, -0.1) is 0 Å². The van der Waals surface area contributed by atoms with Gasteiger partial charge in [-0.2, -0.15) is 0 Å². The molecule has 0 aliphatic carbocycles. The highest BCUT2D eigenvalue weighted by Crippen LogP contribution is 2.36. The molecule has 2 aromatic rings. The van der Waals surface area contributed by atoms with Gasteiger partial charge in [0, 0.05) is 0 Å². The van der Waals surface area contributed by atoms with E-state index in [2.05, 4.69) is 0 Å². The van der Waals surface area contributed by atoms with Crippen molar-refractivity contribution in [1.82, 2.24) is 0 Å². The van der Waals surface area contributed by atoms with E-state index in [1.807, 2.05) is 6.92 Å². The molecule has 4 heteroatoms. The zero-order valence-electron chi connectivity index (χ0n) is 8.90. The van der Waals surface area contributed by atoms with Crippen molar-refractivity contribution in [2.75, 3.05) is 0 Å². The summed E-state index contributed by atoms with van der Waals surface area (Å²) in [7, 11) is 0. The molecule has 0 spiro atoms. The van der Waals surface area contributed by atoms with Crippen LogP contribution in [0, 0.1) is 12.7 Å². The highest BCUT2D eigenvalue weighted by molar-refractivity contribution is 6.48. The molecular formula is C13H8Cl3F. The summed E-state index contributed by atoms with van der Waals surface area (Å²) in [5.41, 5.74) is 2.52. The van der Waals surface area contributed by atoms with E-state index < -0.39 is 0 Å². The minimum absolute atomic E-state index is 0.266. The third kappa shape index (κ3) is 2.57. The van der Waals surface area contributed by atoms with Gasteiger partial charge in [0.1, 0.15) is 5.82 Å². The highest BCUT2D eigenvalue weighted by atomic mass is 35.5. The lowest BCUT2D eigenvalue weighted by Crippen LogP contribution is -1.86. The number of benzene rings is 2. The van der Waals surface area contributed by atoms with Crippen LogP contribution in [0.3, 0.4) is 0 Å². The molecule has 0 fully saturated rings. The maximum absolute atomic E-state index is 13.0. The minimum Gasteiger partial charge on any atom is -0.207 e. The van der Waals surface area contributed by atoms with Gasteiger partial charge in [0.05, 0.1) is 15.1 Å². The molecule has 0 aromatic heterocycles. The smallest absolute Gasteiger partial charge is 0.123 e. The van der Waals surface area contributed by atoms with E-state index in [0.29, 0.717) is 15.1 Å². The van der Waals surface area contributed by atoms with Crippen LogP contribution in [-0.2, 0) is 0 Å². The standard InChI is InChI=1S/C13H8Cl3F/c1-7-4-9(17)2-3-10(7)8-5-11(14)13(16)12(15)6-8/h2-6H,1H3. The van der Waals surface area contributed by atoms with Crippen LogP contribution in [-0.4, -0.2) is 0 Å². The Hall–Kier alpha value is -0.760. The van der Waals surface area contributed by atoms with E-state index in [9.17, 15) is 4.39 Å². The quantitative estimate of drug-likeness (QED) is 0.585. The molecule has 0 nitrogen and oxygen atoms in total. The van der Waals surface area contributed by atoms with Gasteiger partial charge < -0.3 is 0 Å². The maximum Gasteiger partial charge on any atom is 0.123 e. The molecule has 88 valence electrons. The maximum atomic E-state index is 13.0. The first kappa shape index (κ1) is 12.7. The van der Waals surface area contributed by atoms with Gasteiger partial charge in [-0.05, 0) is 47.9 Å². The van der Waals surface area contributed by atoms with Crippen molar-refractivity contribution in [3.63, 3.8) is 0 Å². The second-order valence-corrected chi connectivity index (χ2v) is 4.91. The zero-order chi connectivity index (χ0) is 12.6. The van der Waals surface area contributed by atoms with E-state index in [-0.39, 0.29) is 5.82 Å². The van der Waals surface area contributed by atoms with Gasteiger partial charge in [-0.3, -0.25) is 0 Å². The van der Waals surface area contributed by atoms with Crippen molar-refractivity contribution in [3.05, 3.63) is 56.8 Å². The molecular weight excluding hydrogens is 282 g/mol. The zero-order valence-corrected chi connectivity index (χ0v) is 11.2. The van der Waals surface area contributed by atoms with Gasteiger partial charge >= 0.3 is 0 Å². The van der Waals surface area contributed by atoms with Crippen LogP contribution in [0.15, 0.2) is 30.3 Å². The third-order valence-corrected chi connectivity index (χ3v) is 3.68. The van der Waals surface area contributed by atoms with Gasteiger partial charge in [-0.1, -0.05) is 40.9 Å². The van der Waals surface area contributed by atoms with Crippen LogP contribution in [0.2, 0.25) is 15.1 Å². The fraction of sp³-hybridized carbons (Fsp3) is 0.0769. The molecule has 2 rings (SSSR count). The molecule has 0 heterocycles. The largest absolute Gasteiger partial charge is 0.207 e. The average molecular weight is 290 g/mol. The molecule has 0 bridgehead atoms. The predicted molar refractivity (Wildman–Crippen MR) is 71.6 cm³/mol. The van der Waals surface area contributed by atoms with Crippen molar-refractivity contribution in [1.29, 1.82) is 0 Å². The van der Waals surface area contributed by atoms with Crippen LogP contribution in [0.25, 0.3) is 11.1 Å². The second-order valence-electron chi connectivity index (χ2n) is 3.71. The number of halogens is 4. The first-order valence-corrected chi connectivity index (χ1v) is 6.03. The molecule has 0 aliphatic rings. The van der Waals surface area contributed by atoms with Crippen molar-refractivity contribution in [2.24, 2.45) is 0 Å². The van der Waals surface area contributed by atoms with E-state index in [1.54, 1.807) is 18.2 Å². The Balaban J connectivity index is 2.61. The van der Waals surface area contributed by atoms with Gasteiger partial charge in [0.15, 0.2) is 0 Å². The average Bonchev–Trinajstić information content (AvgIpc) is 2.25. The predicted octanol–water partition coefficient (Wildman–Crippen LogP) is 5.76. The Morgan fingerprint density at radius 2 is 1.53 bits per heavy atom. The molecule has 0 radical (unpaired) electrons. The molecule has 0 atom stereocenters. The monoisotopic (exact) mass is 288 g/mol. The van der Waals surface area contributed by atoms with E-state index >= 15 is 0 Å². The number of hydrogen-bond donors (Lipinski definition) is 0. The summed E-state index contributed by atoms with van der Waals surface area (Å²) < 4.78 is 13.0. The van der Waals surface area contributed by atoms with Crippen LogP contribution < -0.4 is 0 Å². The lowest BCUT2D eigenvalue weighted by atomic mass is 10.0. The SMILES string of the molecule is Cc1cc(F)ccc1-c1cc(Cl)c(Cl)c(Cl)c1. The Kier molecular flexibility index (Phi) is 3.62. The second kappa shape index (κ2) is 4.85. The highest BCUT2D eigenvalue weighted by Gasteiger charge is 2.09. The molecule has 2 aromatic carbocycles. The summed E-state index contributed by atoms with van der Waals surface area (Å²) in [6.07, 6.45) is 0. The van der Waals surface area contributed by atoms with Gasteiger partial charge in [0.2, 0.25) is 0 Å². The van der Waals surface area contributed by atoms with E-state index in [1.165, 1.54) is 12.1 Å².